The molecule has 33 heavy (non-hydrogen) atoms. The van der Waals surface area contributed by atoms with Gasteiger partial charge in [0.2, 0.25) is 11.0 Å². The molecule has 7 heteroatoms. The molecule has 1 N–H and O–H groups in total. The topological polar surface area (TPSA) is 69.0 Å². The van der Waals surface area contributed by atoms with Gasteiger partial charge in [-0.1, -0.05) is 65.9 Å². The van der Waals surface area contributed by atoms with E-state index in [0.717, 1.165) is 37.8 Å². The molecule has 0 unspecified atom stereocenters. The summed E-state index contributed by atoms with van der Waals surface area (Å²) in [6, 6.07) is 26.0. The van der Waals surface area contributed by atoms with Gasteiger partial charge in [0.15, 0.2) is 0 Å². The summed E-state index contributed by atoms with van der Waals surface area (Å²) in [5, 5.41) is 8.32. The van der Waals surface area contributed by atoms with Crippen molar-refractivity contribution in [3.05, 3.63) is 102 Å². The lowest BCUT2D eigenvalue weighted by molar-refractivity contribution is -0.116. The maximum atomic E-state index is 12.6. The number of fused-ring (bicyclic) bond motifs is 2. The van der Waals surface area contributed by atoms with E-state index in [-0.39, 0.29) is 11.8 Å². The number of rotatable bonds is 5. The van der Waals surface area contributed by atoms with E-state index < -0.39 is 0 Å². The molecule has 0 aliphatic carbocycles. The number of amides is 1. The molecule has 5 aromatic rings. The molecule has 0 fully saturated rings. The summed E-state index contributed by atoms with van der Waals surface area (Å²) >= 11 is 1.55. The average molecular weight is 453 g/mol. The van der Waals surface area contributed by atoms with Crippen LogP contribution in [0.3, 0.4) is 0 Å². The molecule has 0 spiro atoms. The predicted molar refractivity (Wildman–Crippen MR) is 129 cm³/mol. The van der Waals surface area contributed by atoms with Crippen molar-refractivity contribution in [2.24, 2.45) is 0 Å². The van der Waals surface area contributed by atoms with Crippen LogP contribution < -0.4 is 10.1 Å². The summed E-state index contributed by atoms with van der Waals surface area (Å²) in [6.07, 6.45) is 2.22. The van der Waals surface area contributed by atoms with Crippen molar-refractivity contribution < 1.29 is 9.53 Å². The zero-order chi connectivity index (χ0) is 22.2. The first-order chi connectivity index (χ1) is 16.2. The van der Waals surface area contributed by atoms with Gasteiger partial charge in [-0.2, -0.15) is 9.78 Å². The fraction of sp³-hybridized carbons (Fsp3) is 0.115. The van der Waals surface area contributed by atoms with Crippen molar-refractivity contribution in [1.29, 1.82) is 0 Å². The monoisotopic (exact) mass is 452 g/mol. The fourth-order valence-electron chi connectivity index (χ4n) is 4.15. The van der Waals surface area contributed by atoms with Crippen LogP contribution in [0.2, 0.25) is 0 Å². The first kappa shape index (κ1) is 19.7. The highest BCUT2D eigenvalue weighted by molar-refractivity contribution is 7.20. The molecule has 6 nitrogen and oxygen atoms in total. The van der Waals surface area contributed by atoms with Crippen LogP contribution in [0.4, 0.5) is 5.82 Å². The minimum absolute atomic E-state index is 0.0280. The van der Waals surface area contributed by atoms with Crippen LogP contribution in [-0.4, -0.2) is 20.7 Å². The molecule has 0 saturated carbocycles. The van der Waals surface area contributed by atoms with Crippen molar-refractivity contribution in [1.82, 2.24) is 14.8 Å². The molecule has 1 atom stereocenters. The lowest BCUT2D eigenvalue weighted by Gasteiger charge is -2.23. The van der Waals surface area contributed by atoms with E-state index in [4.69, 9.17) is 9.72 Å². The van der Waals surface area contributed by atoms with Crippen LogP contribution >= 0.6 is 11.3 Å². The normalized spacial score (nSPS) is 15.3. The largest absolute Gasteiger partial charge is 0.489 e. The number of ether oxygens (including phenoxy) is 1. The first-order valence-electron chi connectivity index (χ1n) is 10.7. The van der Waals surface area contributed by atoms with Crippen molar-refractivity contribution in [3.8, 4) is 10.9 Å². The second-order valence-corrected chi connectivity index (χ2v) is 8.98. The summed E-state index contributed by atoms with van der Waals surface area (Å²) in [4.78, 5) is 17.3. The number of benzene rings is 3. The molecule has 3 aromatic carbocycles. The van der Waals surface area contributed by atoms with Crippen LogP contribution in [-0.2, 0) is 11.4 Å². The average Bonchev–Trinajstić information content (AvgIpc) is 3.47. The summed E-state index contributed by atoms with van der Waals surface area (Å²) in [5.41, 5.74) is 4.10. The van der Waals surface area contributed by atoms with Gasteiger partial charge in [0, 0.05) is 17.9 Å². The molecule has 162 valence electrons. The fourth-order valence-corrected chi connectivity index (χ4v) is 5.08. The zero-order valence-corrected chi connectivity index (χ0v) is 18.5. The SMILES string of the molecule is O=C1C[C@@H](c2ccc(OCc3ccccc3)cc2)c2cnn(-c3nc4ccccc4s3)c2N1. The van der Waals surface area contributed by atoms with Gasteiger partial charge in [0.05, 0.1) is 16.4 Å². The second kappa shape index (κ2) is 8.18. The van der Waals surface area contributed by atoms with Gasteiger partial charge in [0.1, 0.15) is 18.2 Å². The molecule has 2 aromatic heterocycles. The molecular formula is C26H20N4O2S. The maximum absolute atomic E-state index is 12.6. The van der Waals surface area contributed by atoms with Gasteiger partial charge >= 0.3 is 0 Å². The van der Waals surface area contributed by atoms with Crippen molar-refractivity contribution >= 4 is 33.3 Å². The quantitative estimate of drug-likeness (QED) is 0.380. The zero-order valence-electron chi connectivity index (χ0n) is 17.6. The Morgan fingerprint density at radius 3 is 2.61 bits per heavy atom. The Balaban J connectivity index is 1.28. The van der Waals surface area contributed by atoms with E-state index in [9.17, 15) is 4.79 Å². The number of anilines is 1. The van der Waals surface area contributed by atoms with Gasteiger partial charge < -0.3 is 10.1 Å². The summed E-state index contributed by atoms with van der Waals surface area (Å²) in [6.45, 7) is 0.519. The van der Waals surface area contributed by atoms with Gasteiger partial charge in [-0.15, -0.1) is 0 Å². The Labute approximate surface area is 194 Å². The van der Waals surface area contributed by atoms with E-state index in [1.165, 1.54) is 0 Å². The third-order valence-corrected chi connectivity index (χ3v) is 6.83. The van der Waals surface area contributed by atoms with Crippen molar-refractivity contribution in [2.75, 3.05) is 5.32 Å². The number of nitrogens with zero attached hydrogens (tertiary/aromatic N) is 3. The van der Waals surface area contributed by atoms with Crippen LogP contribution in [0, 0.1) is 0 Å². The molecule has 1 amide bonds. The van der Waals surface area contributed by atoms with Crippen LogP contribution in [0.5, 0.6) is 5.75 Å². The summed E-state index contributed by atoms with van der Waals surface area (Å²) in [7, 11) is 0. The first-order valence-corrected chi connectivity index (χ1v) is 11.6. The smallest absolute Gasteiger partial charge is 0.226 e. The number of hydrogen-bond acceptors (Lipinski definition) is 5. The molecule has 0 radical (unpaired) electrons. The predicted octanol–water partition coefficient (Wildman–Crippen LogP) is 5.54. The Morgan fingerprint density at radius 1 is 1.00 bits per heavy atom. The van der Waals surface area contributed by atoms with Gasteiger partial charge in [0.25, 0.3) is 0 Å². The molecule has 0 saturated heterocycles. The Morgan fingerprint density at radius 2 is 1.79 bits per heavy atom. The maximum Gasteiger partial charge on any atom is 0.226 e. The number of hydrogen-bond donors (Lipinski definition) is 1. The van der Waals surface area contributed by atoms with E-state index in [2.05, 4.69) is 10.4 Å². The molecule has 3 heterocycles. The summed E-state index contributed by atoms with van der Waals surface area (Å²) < 4.78 is 8.74. The minimum Gasteiger partial charge on any atom is -0.489 e. The van der Waals surface area contributed by atoms with Crippen molar-refractivity contribution in [2.45, 2.75) is 18.9 Å². The Kier molecular flexibility index (Phi) is 4.88. The van der Waals surface area contributed by atoms with E-state index in [0.29, 0.717) is 18.8 Å². The van der Waals surface area contributed by atoms with Crippen molar-refractivity contribution in [3.63, 3.8) is 0 Å². The number of aromatic nitrogens is 3. The van der Waals surface area contributed by atoms with Gasteiger partial charge in [-0.05, 0) is 35.4 Å². The molecule has 0 bridgehead atoms. The third kappa shape index (κ3) is 3.76. The van der Waals surface area contributed by atoms with E-state index in [1.54, 1.807) is 16.0 Å². The molecule has 1 aliphatic rings. The van der Waals surface area contributed by atoms with E-state index in [1.807, 2.05) is 85.1 Å². The minimum atomic E-state index is -0.0694. The highest BCUT2D eigenvalue weighted by Crippen LogP contribution is 2.39. The molecule has 6 rings (SSSR count). The van der Waals surface area contributed by atoms with Crippen LogP contribution in [0.1, 0.15) is 29.0 Å². The Hall–Kier alpha value is -3.97. The van der Waals surface area contributed by atoms with E-state index >= 15 is 0 Å². The lowest BCUT2D eigenvalue weighted by atomic mass is 9.87. The molecular weight excluding hydrogens is 432 g/mol. The number of carbonyl (C=O) groups excluding carboxylic acids is 1. The number of nitrogens with one attached hydrogen (secondary N) is 1. The number of para-hydroxylation sites is 1. The lowest BCUT2D eigenvalue weighted by Crippen LogP contribution is -2.24. The number of carbonyl (C=O) groups is 1. The van der Waals surface area contributed by atoms with Crippen LogP contribution in [0.15, 0.2) is 85.1 Å². The third-order valence-electron chi connectivity index (χ3n) is 5.81. The van der Waals surface area contributed by atoms with Gasteiger partial charge in [-0.25, -0.2) is 4.98 Å². The standard InChI is InChI=1S/C26H20N4O2S/c31-24-14-20(18-10-12-19(13-11-18)32-16-17-6-2-1-3-7-17)21-15-27-30(25(21)29-24)26-28-22-8-4-5-9-23(22)33-26/h1-13,15,20H,14,16H2,(H,29,31)/t20-/m0/s1. The van der Waals surface area contributed by atoms with Gasteiger partial charge in [-0.3, -0.25) is 4.79 Å². The highest BCUT2D eigenvalue weighted by atomic mass is 32.1. The highest BCUT2D eigenvalue weighted by Gasteiger charge is 2.31. The second-order valence-electron chi connectivity index (χ2n) is 7.97. The summed E-state index contributed by atoms with van der Waals surface area (Å²) in [5.74, 6) is 1.40. The van der Waals surface area contributed by atoms with Crippen LogP contribution in [0.25, 0.3) is 15.3 Å². The number of thiazole rings is 1. The Bertz CT molecular complexity index is 1410. The molecule has 1 aliphatic heterocycles.